The molecule has 1 amide bonds. The number of esters is 1. The Labute approximate surface area is 152 Å². The molecular formula is C22H19NO3. The quantitative estimate of drug-likeness (QED) is 0.784. The maximum atomic E-state index is 13.5. The van der Waals surface area contributed by atoms with Gasteiger partial charge in [-0.3, -0.25) is 4.79 Å². The lowest BCUT2D eigenvalue weighted by Gasteiger charge is -2.29. The molecule has 2 aliphatic rings. The van der Waals surface area contributed by atoms with Crippen molar-refractivity contribution in [2.75, 3.05) is 19.1 Å². The second-order valence-corrected chi connectivity index (χ2v) is 6.65. The third kappa shape index (κ3) is 1.96. The first kappa shape index (κ1) is 16.3. The summed E-state index contributed by atoms with van der Waals surface area (Å²) in [5, 5.41) is 0. The Morgan fingerprint density at radius 1 is 1.08 bits per heavy atom. The molecule has 0 radical (unpaired) electrons. The maximum Gasteiger partial charge on any atom is 0.335 e. The normalized spacial score (nSPS) is 20.9. The Morgan fingerprint density at radius 3 is 2.58 bits per heavy atom. The van der Waals surface area contributed by atoms with Crippen molar-refractivity contribution in [1.82, 2.24) is 0 Å². The van der Waals surface area contributed by atoms with E-state index in [4.69, 9.17) is 4.74 Å². The molecule has 0 unspecified atom stereocenters. The Bertz CT molecular complexity index is 1000. The van der Waals surface area contributed by atoms with Crippen molar-refractivity contribution in [2.45, 2.75) is 12.3 Å². The number of likely N-dealkylation sites (N-methyl/N-ethyl adjacent to an activating group) is 1. The average Bonchev–Trinajstić information content (AvgIpc) is 3.15. The summed E-state index contributed by atoms with van der Waals surface area (Å²) >= 11 is 0. The monoisotopic (exact) mass is 345 g/mol. The zero-order valence-corrected chi connectivity index (χ0v) is 14.9. The van der Waals surface area contributed by atoms with E-state index in [1.807, 2.05) is 61.5 Å². The molecule has 0 N–H and O–H groups in total. The Balaban J connectivity index is 2.02. The second-order valence-electron chi connectivity index (χ2n) is 6.65. The fourth-order valence-electron chi connectivity index (χ4n) is 4.10. The van der Waals surface area contributed by atoms with Crippen LogP contribution in [0.2, 0.25) is 0 Å². The lowest BCUT2D eigenvalue weighted by molar-refractivity contribution is -0.137. The first-order chi connectivity index (χ1) is 12.5. The van der Waals surface area contributed by atoms with Gasteiger partial charge in [0.25, 0.3) is 0 Å². The van der Waals surface area contributed by atoms with E-state index in [1.165, 1.54) is 7.11 Å². The van der Waals surface area contributed by atoms with E-state index >= 15 is 0 Å². The van der Waals surface area contributed by atoms with Crippen molar-refractivity contribution in [1.29, 1.82) is 0 Å². The van der Waals surface area contributed by atoms with Crippen LogP contribution in [0.3, 0.4) is 0 Å². The number of hydrogen-bond donors (Lipinski definition) is 0. The van der Waals surface area contributed by atoms with Gasteiger partial charge < -0.3 is 9.64 Å². The Kier molecular flexibility index (Phi) is 3.58. The Hall–Kier alpha value is -3.14. The maximum absolute atomic E-state index is 13.5. The van der Waals surface area contributed by atoms with Gasteiger partial charge in [-0.2, -0.15) is 0 Å². The van der Waals surface area contributed by atoms with E-state index in [1.54, 1.807) is 18.0 Å². The predicted molar refractivity (Wildman–Crippen MR) is 101 cm³/mol. The highest BCUT2D eigenvalue weighted by Crippen LogP contribution is 2.55. The van der Waals surface area contributed by atoms with Crippen LogP contribution in [0.5, 0.6) is 0 Å². The van der Waals surface area contributed by atoms with Crippen LogP contribution in [0.1, 0.15) is 16.7 Å². The minimum absolute atomic E-state index is 0.138. The molecule has 1 aliphatic heterocycles. The van der Waals surface area contributed by atoms with E-state index in [-0.39, 0.29) is 5.91 Å². The highest BCUT2D eigenvalue weighted by molar-refractivity contribution is 6.24. The number of aryl methyl sites for hydroxylation is 1. The number of fused-ring (bicyclic) bond motifs is 2. The summed E-state index contributed by atoms with van der Waals surface area (Å²) in [4.78, 5) is 27.7. The molecule has 2 aromatic rings. The van der Waals surface area contributed by atoms with E-state index in [0.717, 1.165) is 28.0 Å². The van der Waals surface area contributed by atoms with Gasteiger partial charge in [0.15, 0.2) is 0 Å². The Morgan fingerprint density at radius 2 is 1.85 bits per heavy atom. The summed E-state index contributed by atoms with van der Waals surface area (Å²) in [5.74, 6) is -0.622. The fourth-order valence-corrected chi connectivity index (χ4v) is 4.10. The lowest BCUT2D eigenvalue weighted by atomic mass is 9.70. The molecule has 0 fully saturated rings. The summed E-state index contributed by atoms with van der Waals surface area (Å²) in [7, 11) is 3.09. The number of benzene rings is 2. The number of hydrogen-bond acceptors (Lipinski definition) is 3. The molecule has 1 spiro atoms. The molecule has 1 atom stereocenters. The van der Waals surface area contributed by atoms with E-state index < -0.39 is 11.4 Å². The number of allylic oxidation sites excluding steroid dienone is 2. The topological polar surface area (TPSA) is 46.6 Å². The summed E-state index contributed by atoms with van der Waals surface area (Å²) in [5.41, 5.74) is 3.66. The van der Waals surface area contributed by atoms with Gasteiger partial charge in [-0.15, -0.1) is 0 Å². The molecule has 4 nitrogen and oxygen atoms in total. The first-order valence-electron chi connectivity index (χ1n) is 8.47. The smallest absolute Gasteiger partial charge is 0.335 e. The molecule has 0 saturated carbocycles. The number of ether oxygens (including phenoxy) is 1. The highest BCUT2D eigenvalue weighted by Gasteiger charge is 2.58. The molecule has 4 rings (SSSR count). The van der Waals surface area contributed by atoms with Crippen molar-refractivity contribution in [3.8, 4) is 0 Å². The summed E-state index contributed by atoms with van der Waals surface area (Å²) < 4.78 is 5.02. The molecule has 1 aliphatic carbocycles. The largest absolute Gasteiger partial charge is 0.466 e. The van der Waals surface area contributed by atoms with Crippen molar-refractivity contribution in [3.63, 3.8) is 0 Å². The molecule has 4 heteroatoms. The number of amides is 1. The van der Waals surface area contributed by atoms with Crippen LogP contribution in [0.25, 0.3) is 5.57 Å². The minimum Gasteiger partial charge on any atom is -0.466 e. The van der Waals surface area contributed by atoms with Gasteiger partial charge in [0, 0.05) is 18.3 Å². The number of para-hydroxylation sites is 1. The van der Waals surface area contributed by atoms with Crippen molar-refractivity contribution in [2.24, 2.45) is 0 Å². The number of anilines is 1. The SMILES string of the molecule is COC(=O)C1=CC=C(c2cccc(C)c2)[C@]12C(=O)N(C)c1ccccc12. The van der Waals surface area contributed by atoms with Crippen LogP contribution in [-0.4, -0.2) is 26.0 Å². The molecule has 0 saturated heterocycles. The zero-order chi connectivity index (χ0) is 18.5. The number of methoxy groups -OCH3 is 1. The van der Waals surface area contributed by atoms with Crippen LogP contribution in [0.4, 0.5) is 5.69 Å². The molecule has 0 aromatic heterocycles. The van der Waals surface area contributed by atoms with Gasteiger partial charge >= 0.3 is 5.97 Å². The van der Waals surface area contributed by atoms with E-state index in [2.05, 4.69) is 0 Å². The van der Waals surface area contributed by atoms with Crippen LogP contribution in [0, 0.1) is 6.92 Å². The zero-order valence-electron chi connectivity index (χ0n) is 14.9. The number of carbonyl (C=O) groups excluding carboxylic acids is 2. The molecule has 26 heavy (non-hydrogen) atoms. The van der Waals surface area contributed by atoms with Gasteiger partial charge in [-0.05, 0) is 30.2 Å². The predicted octanol–water partition coefficient (Wildman–Crippen LogP) is 3.41. The molecule has 130 valence electrons. The fraction of sp³-hybridized carbons (Fsp3) is 0.182. The molecule has 0 bridgehead atoms. The van der Waals surface area contributed by atoms with Crippen LogP contribution >= 0.6 is 0 Å². The number of rotatable bonds is 2. The first-order valence-corrected chi connectivity index (χ1v) is 8.47. The third-order valence-corrected chi connectivity index (χ3v) is 5.25. The second kappa shape index (κ2) is 5.70. The standard InChI is InChI=1S/C22H19NO3/c1-14-7-6-8-15(13-14)16-11-12-18(20(24)26-3)22(16)17-9-4-5-10-19(17)23(2)21(22)25/h4-13H,1-3H3/t22-/m1/s1. The van der Waals surface area contributed by atoms with Gasteiger partial charge in [0.2, 0.25) is 5.91 Å². The van der Waals surface area contributed by atoms with Crippen molar-refractivity contribution < 1.29 is 14.3 Å². The van der Waals surface area contributed by atoms with Crippen LogP contribution < -0.4 is 4.90 Å². The van der Waals surface area contributed by atoms with Gasteiger partial charge in [-0.1, -0.05) is 54.1 Å². The lowest BCUT2D eigenvalue weighted by Crippen LogP contribution is -2.42. The average molecular weight is 345 g/mol. The van der Waals surface area contributed by atoms with Gasteiger partial charge in [0.05, 0.1) is 12.7 Å². The summed E-state index contributed by atoms with van der Waals surface area (Å²) in [6, 6.07) is 15.6. The summed E-state index contributed by atoms with van der Waals surface area (Å²) in [6.45, 7) is 2.01. The van der Waals surface area contributed by atoms with Crippen LogP contribution in [0.15, 0.2) is 66.3 Å². The number of nitrogens with zero attached hydrogens (tertiary/aromatic N) is 1. The highest BCUT2D eigenvalue weighted by atomic mass is 16.5. The number of carbonyl (C=O) groups is 2. The van der Waals surface area contributed by atoms with Crippen molar-refractivity contribution >= 4 is 23.1 Å². The van der Waals surface area contributed by atoms with E-state index in [9.17, 15) is 9.59 Å². The van der Waals surface area contributed by atoms with Crippen LogP contribution in [-0.2, 0) is 19.7 Å². The third-order valence-electron chi connectivity index (χ3n) is 5.25. The van der Waals surface area contributed by atoms with E-state index in [0.29, 0.717) is 5.57 Å². The molecule has 2 aromatic carbocycles. The minimum atomic E-state index is -1.16. The van der Waals surface area contributed by atoms with Gasteiger partial charge in [0.1, 0.15) is 5.41 Å². The molecular weight excluding hydrogens is 326 g/mol. The molecule has 1 heterocycles. The summed E-state index contributed by atoms with van der Waals surface area (Å²) in [6.07, 6.45) is 3.59. The van der Waals surface area contributed by atoms with Gasteiger partial charge in [-0.25, -0.2) is 4.79 Å². The van der Waals surface area contributed by atoms with Crippen molar-refractivity contribution in [3.05, 3.63) is 82.9 Å².